The summed E-state index contributed by atoms with van der Waals surface area (Å²) in [5.74, 6) is 0.208. The molecule has 2 aromatic carbocycles. The number of halogens is 2. The maximum atomic E-state index is 13.4. The second-order valence-corrected chi connectivity index (χ2v) is 8.46. The summed E-state index contributed by atoms with van der Waals surface area (Å²) in [4.78, 5) is 6.80. The van der Waals surface area contributed by atoms with Crippen LogP contribution in [0.3, 0.4) is 0 Å². The summed E-state index contributed by atoms with van der Waals surface area (Å²) >= 11 is 6.30. The zero-order valence-electron chi connectivity index (χ0n) is 13.1. The third-order valence-corrected chi connectivity index (χ3v) is 6.43. The van der Waals surface area contributed by atoms with Crippen molar-refractivity contribution in [2.45, 2.75) is 11.4 Å². The lowest BCUT2D eigenvalue weighted by atomic mass is 10.2. The maximum Gasteiger partial charge on any atom is 0.180 e. The van der Waals surface area contributed by atoms with Crippen molar-refractivity contribution in [2.24, 2.45) is 0 Å². The average Bonchev–Trinajstić information content (AvgIpc) is 2.72. The summed E-state index contributed by atoms with van der Waals surface area (Å²) < 4.78 is 38.4. The summed E-state index contributed by atoms with van der Waals surface area (Å²) in [5, 5.41) is 0.924. The number of anilines is 1. The van der Waals surface area contributed by atoms with Crippen LogP contribution in [0, 0.1) is 5.82 Å². The third kappa shape index (κ3) is 2.96. The van der Waals surface area contributed by atoms with Gasteiger partial charge in [-0.15, -0.1) is 0 Å². The Labute approximate surface area is 149 Å². The first-order chi connectivity index (χ1) is 11.9. The van der Waals surface area contributed by atoms with E-state index in [9.17, 15) is 12.8 Å². The van der Waals surface area contributed by atoms with E-state index in [1.165, 1.54) is 12.1 Å². The van der Waals surface area contributed by atoms with Gasteiger partial charge in [0.05, 0.1) is 21.2 Å². The minimum Gasteiger partial charge on any atom is -0.351 e. The Balaban J connectivity index is 1.81. The van der Waals surface area contributed by atoms with Crippen LogP contribution in [0.25, 0.3) is 10.9 Å². The molecule has 0 atom stereocenters. The molecule has 0 saturated carbocycles. The van der Waals surface area contributed by atoms with Crippen LogP contribution < -0.4 is 4.90 Å². The minimum atomic E-state index is -3.33. The number of hydrogen-bond donors (Lipinski definition) is 0. The van der Waals surface area contributed by atoms with Crippen LogP contribution >= 0.6 is 11.6 Å². The Bertz CT molecular complexity index is 1090. The van der Waals surface area contributed by atoms with E-state index in [0.29, 0.717) is 39.7 Å². The average molecular weight is 377 g/mol. The first kappa shape index (κ1) is 16.3. The maximum absolute atomic E-state index is 13.4. The quantitative estimate of drug-likeness (QED) is 0.647. The van der Waals surface area contributed by atoms with Gasteiger partial charge in [0.15, 0.2) is 9.84 Å². The van der Waals surface area contributed by atoms with Crippen molar-refractivity contribution in [1.82, 2.24) is 4.98 Å². The zero-order chi connectivity index (χ0) is 17.6. The summed E-state index contributed by atoms with van der Waals surface area (Å²) in [6.45, 7) is 0.735. The van der Waals surface area contributed by atoms with Gasteiger partial charge >= 0.3 is 0 Å². The molecule has 0 saturated heterocycles. The van der Waals surface area contributed by atoms with Crippen LogP contribution in [-0.2, 0) is 16.4 Å². The Morgan fingerprint density at radius 1 is 1.12 bits per heavy atom. The smallest absolute Gasteiger partial charge is 0.180 e. The van der Waals surface area contributed by atoms with Crippen LogP contribution in [0.2, 0.25) is 5.02 Å². The third-order valence-electron chi connectivity index (χ3n) is 4.33. The molecule has 3 aromatic rings. The molecule has 0 fully saturated rings. The fourth-order valence-corrected chi connectivity index (χ4v) is 4.81. The largest absolute Gasteiger partial charge is 0.351 e. The van der Waals surface area contributed by atoms with Gasteiger partial charge in [-0.25, -0.2) is 17.8 Å². The van der Waals surface area contributed by atoms with Crippen molar-refractivity contribution in [3.63, 3.8) is 0 Å². The Kier molecular flexibility index (Phi) is 3.89. The molecule has 0 bridgehead atoms. The van der Waals surface area contributed by atoms with Gasteiger partial charge in [0.1, 0.15) is 11.6 Å². The van der Waals surface area contributed by atoms with Gasteiger partial charge < -0.3 is 4.90 Å². The summed E-state index contributed by atoms with van der Waals surface area (Å²) in [5.41, 5.74) is 1.31. The Morgan fingerprint density at radius 3 is 2.76 bits per heavy atom. The number of aromatic nitrogens is 1. The van der Waals surface area contributed by atoms with Crippen molar-refractivity contribution in [2.75, 3.05) is 17.2 Å². The monoisotopic (exact) mass is 376 g/mol. The van der Waals surface area contributed by atoms with Crippen LogP contribution in [-0.4, -0.2) is 25.7 Å². The molecule has 0 amide bonds. The molecule has 4 rings (SSSR count). The molecule has 1 aliphatic rings. The van der Waals surface area contributed by atoms with Gasteiger partial charge in [-0.1, -0.05) is 29.8 Å². The van der Waals surface area contributed by atoms with Gasteiger partial charge in [-0.2, -0.15) is 0 Å². The normalized spacial score (nSPS) is 16.5. The number of rotatable bonds is 1. The highest BCUT2D eigenvalue weighted by atomic mass is 35.5. The van der Waals surface area contributed by atoms with Crippen LogP contribution in [0.4, 0.5) is 10.2 Å². The molecule has 0 N–H and O–H groups in total. The Morgan fingerprint density at radius 2 is 1.92 bits per heavy atom. The van der Waals surface area contributed by atoms with Crippen molar-refractivity contribution in [3.8, 4) is 0 Å². The molecule has 25 heavy (non-hydrogen) atoms. The van der Waals surface area contributed by atoms with E-state index in [4.69, 9.17) is 11.6 Å². The van der Waals surface area contributed by atoms with Crippen LogP contribution in [0.1, 0.15) is 5.56 Å². The van der Waals surface area contributed by atoms with Crippen molar-refractivity contribution in [1.29, 1.82) is 0 Å². The van der Waals surface area contributed by atoms with Crippen molar-refractivity contribution < 1.29 is 12.8 Å². The molecule has 0 spiro atoms. The topological polar surface area (TPSA) is 50.3 Å². The molecule has 1 aromatic heterocycles. The molecule has 2 heterocycles. The second kappa shape index (κ2) is 5.97. The molecule has 0 radical (unpaired) electrons. The number of nitrogens with zero attached hydrogens (tertiary/aromatic N) is 2. The first-order valence-electron chi connectivity index (χ1n) is 7.75. The van der Waals surface area contributed by atoms with E-state index >= 15 is 0 Å². The van der Waals surface area contributed by atoms with Gasteiger partial charge in [0.2, 0.25) is 0 Å². The van der Waals surface area contributed by atoms with Gasteiger partial charge in [-0.05, 0) is 35.9 Å². The SMILES string of the molecule is O=S1(=O)CCN(c2cc(Cl)c3cc(F)ccc3n2)Cc2ccccc21. The highest BCUT2D eigenvalue weighted by Crippen LogP contribution is 2.30. The standard InChI is InChI=1S/C18H14ClFN2O2S/c19-15-10-18(21-16-6-5-13(20)9-14(15)16)22-7-8-25(23,24)17-4-2-1-3-12(17)11-22/h1-6,9-10H,7-8,11H2. The molecule has 4 nitrogen and oxygen atoms in total. The van der Waals surface area contributed by atoms with E-state index in [-0.39, 0.29) is 11.6 Å². The van der Waals surface area contributed by atoms with E-state index in [1.807, 2.05) is 17.0 Å². The van der Waals surface area contributed by atoms with Gasteiger partial charge in [0.25, 0.3) is 0 Å². The Hall–Kier alpha value is -2.18. The van der Waals surface area contributed by atoms with Crippen LogP contribution in [0.15, 0.2) is 53.4 Å². The summed E-state index contributed by atoms with van der Waals surface area (Å²) in [6.07, 6.45) is 0. The predicted octanol–water partition coefficient (Wildman–Crippen LogP) is 3.82. The number of pyridine rings is 1. The first-order valence-corrected chi connectivity index (χ1v) is 9.78. The van der Waals surface area contributed by atoms with Crippen LogP contribution in [0.5, 0.6) is 0 Å². The summed E-state index contributed by atoms with van der Waals surface area (Å²) in [6, 6.07) is 12.9. The molecular weight excluding hydrogens is 363 g/mol. The number of fused-ring (bicyclic) bond motifs is 2. The van der Waals surface area contributed by atoms with Gasteiger partial charge in [-0.3, -0.25) is 0 Å². The van der Waals surface area contributed by atoms with Gasteiger partial charge in [0, 0.05) is 18.5 Å². The number of sulfone groups is 1. The number of benzene rings is 2. The van der Waals surface area contributed by atoms with Crippen molar-refractivity contribution in [3.05, 3.63) is 64.9 Å². The molecular formula is C18H14ClFN2O2S. The van der Waals surface area contributed by atoms with E-state index in [2.05, 4.69) is 4.98 Å². The highest BCUT2D eigenvalue weighted by molar-refractivity contribution is 7.91. The lowest BCUT2D eigenvalue weighted by Gasteiger charge is -2.22. The fraction of sp³-hybridized carbons (Fsp3) is 0.167. The van der Waals surface area contributed by atoms with E-state index < -0.39 is 9.84 Å². The molecule has 128 valence electrons. The zero-order valence-corrected chi connectivity index (χ0v) is 14.7. The highest BCUT2D eigenvalue weighted by Gasteiger charge is 2.26. The number of hydrogen-bond acceptors (Lipinski definition) is 4. The lowest BCUT2D eigenvalue weighted by molar-refractivity contribution is 0.596. The molecule has 7 heteroatoms. The minimum absolute atomic E-state index is 0.00473. The van der Waals surface area contributed by atoms with E-state index in [0.717, 1.165) is 5.56 Å². The predicted molar refractivity (Wildman–Crippen MR) is 96.3 cm³/mol. The fourth-order valence-electron chi connectivity index (χ4n) is 3.06. The molecule has 0 unspecified atom stereocenters. The summed E-state index contributed by atoms with van der Waals surface area (Å²) in [7, 11) is -3.33. The lowest BCUT2D eigenvalue weighted by Crippen LogP contribution is -2.26. The second-order valence-electron chi connectivity index (χ2n) is 5.97. The van der Waals surface area contributed by atoms with E-state index in [1.54, 1.807) is 24.3 Å². The van der Waals surface area contributed by atoms with Crippen molar-refractivity contribution >= 4 is 38.2 Å². The molecule has 1 aliphatic heterocycles. The molecule has 0 aliphatic carbocycles.